The van der Waals surface area contributed by atoms with E-state index in [0.29, 0.717) is 6.07 Å². The van der Waals surface area contributed by atoms with Crippen LogP contribution < -0.4 is 5.46 Å². The number of halogens is 3. The third-order valence-corrected chi connectivity index (χ3v) is 1.76. The summed E-state index contributed by atoms with van der Waals surface area (Å²) in [5.41, 5.74) is -1.94. The molecule has 2 N–H and O–H groups in total. The molecule has 0 saturated carbocycles. The normalized spacial score (nSPS) is 10.9. The Morgan fingerprint density at radius 1 is 1.27 bits per heavy atom. The van der Waals surface area contributed by atoms with Crippen molar-refractivity contribution >= 4 is 12.6 Å². The monoisotopic (exact) mass is 215 g/mol. The Bertz CT molecular complexity index is 411. The average Bonchev–Trinajstić information content (AvgIpc) is 2.15. The van der Waals surface area contributed by atoms with Gasteiger partial charge in [-0.2, -0.15) is 18.4 Å². The standard InChI is InChI=1S/C8H5BF3NO2/c10-8(11,12)6-2-1-5(4-13)3-7(6)9(14)15/h1-3,14-15H. The Morgan fingerprint density at radius 3 is 2.27 bits per heavy atom. The first-order valence-corrected chi connectivity index (χ1v) is 3.83. The van der Waals surface area contributed by atoms with Gasteiger partial charge in [-0.25, -0.2) is 0 Å². The summed E-state index contributed by atoms with van der Waals surface area (Å²) in [5.74, 6) is 0. The number of benzene rings is 1. The fourth-order valence-corrected chi connectivity index (χ4v) is 1.10. The van der Waals surface area contributed by atoms with Crippen LogP contribution in [0.25, 0.3) is 0 Å². The fraction of sp³-hybridized carbons (Fsp3) is 0.125. The van der Waals surface area contributed by atoms with E-state index in [9.17, 15) is 13.2 Å². The minimum atomic E-state index is -4.67. The van der Waals surface area contributed by atoms with Crippen LogP contribution in [0.1, 0.15) is 11.1 Å². The van der Waals surface area contributed by atoms with E-state index < -0.39 is 24.3 Å². The zero-order chi connectivity index (χ0) is 11.6. The van der Waals surface area contributed by atoms with Gasteiger partial charge in [0, 0.05) is 0 Å². The third-order valence-electron chi connectivity index (χ3n) is 1.76. The van der Waals surface area contributed by atoms with Crippen molar-refractivity contribution in [3.05, 3.63) is 29.3 Å². The molecule has 7 heteroatoms. The molecule has 1 aromatic rings. The van der Waals surface area contributed by atoms with Crippen molar-refractivity contribution in [1.29, 1.82) is 5.26 Å². The largest absolute Gasteiger partial charge is 0.489 e. The summed E-state index contributed by atoms with van der Waals surface area (Å²) in [6, 6.07) is 4.02. The maximum atomic E-state index is 12.3. The summed E-state index contributed by atoms with van der Waals surface area (Å²) < 4.78 is 37.0. The van der Waals surface area contributed by atoms with Crippen LogP contribution in [-0.4, -0.2) is 17.2 Å². The Morgan fingerprint density at radius 2 is 1.87 bits per heavy atom. The first kappa shape index (κ1) is 11.6. The highest BCUT2D eigenvalue weighted by Crippen LogP contribution is 2.28. The van der Waals surface area contributed by atoms with E-state index in [1.807, 2.05) is 0 Å². The van der Waals surface area contributed by atoms with Crippen molar-refractivity contribution < 1.29 is 23.2 Å². The molecule has 0 aromatic heterocycles. The van der Waals surface area contributed by atoms with Gasteiger partial charge in [-0.05, 0) is 23.7 Å². The second-order valence-electron chi connectivity index (χ2n) is 2.79. The summed E-state index contributed by atoms with van der Waals surface area (Å²) in [6.07, 6.45) is -4.67. The van der Waals surface area contributed by atoms with E-state index >= 15 is 0 Å². The third kappa shape index (κ3) is 2.49. The molecule has 1 rings (SSSR count). The quantitative estimate of drug-likeness (QED) is 0.660. The van der Waals surface area contributed by atoms with Crippen LogP contribution in [0.3, 0.4) is 0 Å². The number of rotatable bonds is 1. The molecule has 0 amide bonds. The topological polar surface area (TPSA) is 64.2 Å². The van der Waals surface area contributed by atoms with Crippen molar-refractivity contribution in [1.82, 2.24) is 0 Å². The van der Waals surface area contributed by atoms with E-state index in [0.717, 1.165) is 12.1 Å². The fourth-order valence-electron chi connectivity index (χ4n) is 1.10. The predicted octanol–water partition coefficient (Wildman–Crippen LogP) is 0.257. The summed E-state index contributed by atoms with van der Waals surface area (Å²) in [7, 11) is -2.25. The van der Waals surface area contributed by atoms with E-state index in [1.54, 1.807) is 6.07 Å². The molecule has 3 nitrogen and oxygen atoms in total. The molecule has 0 aliphatic rings. The van der Waals surface area contributed by atoms with Crippen LogP contribution >= 0.6 is 0 Å². The van der Waals surface area contributed by atoms with Gasteiger partial charge in [0.15, 0.2) is 0 Å². The van der Waals surface area contributed by atoms with Crippen molar-refractivity contribution in [2.45, 2.75) is 6.18 Å². The van der Waals surface area contributed by atoms with Gasteiger partial charge < -0.3 is 10.0 Å². The maximum absolute atomic E-state index is 12.3. The molecule has 0 fully saturated rings. The van der Waals surface area contributed by atoms with Gasteiger partial charge in [0.2, 0.25) is 0 Å². The van der Waals surface area contributed by atoms with Gasteiger partial charge in [-0.1, -0.05) is 0 Å². The molecule has 0 heterocycles. The van der Waals surface area contributed by atoms with Crippen LogP contribution in [-0.2, 0) is 6.18 Å². The molecule has 0 spiro atoms. The molecule has 1 aromatic carbocycles. The van der Waals surface area contributed by atoms with Crippen molar-refractivity contribution in [3.63, 3.8) is 0 Å². The first-order chi connectivity index (χ1) is 6.86. The number of nitriles is 1. The number of nitrogens with zero attached hydrogens (tertiary/aromatic N) is 1. The molecule has 0 atom stereocenters. The number of hydrogen-bond acceptors (Lipinski definition) is 3. The maximum Gasteiger partial charge on any atom is 0.489 e. The SMILES string of the molecule is N#Cc1ccc(C(F)(F)F)c(B(O)O)c1. The molecule has 0 radical (unpaired) electrons. The average molecular weight is 215 g/mol. The molecule has 0 unspecified atom stereocenters. The van der Waals surface area contributed by atoms with Gasteiger partial charge in [0.1, 0.15) is 0 Å². The van der Waals surface area contributed by atoms with Gasteiger partial charge >= 0.3 is 13.3 Å². The lowest BCUT2D eigenvalue weighted by Crippen LogP contribution is -2.36. The van der Waals surface area contributed by atoms with Gasteiger partial charge in [0.05, 0.1) is 17.2 Å². The molecule has 15 heavy (non-hydrogen) atoms. The Balaban J connectivity index is 3.36. The lowest BCUT2D eigenvalue weighted by molar-refractivity contribution is -0.136. The second kappa shape index (κ2) is 3.92. The molecular formula is C8H5BF3NO2. The van der Waals surface area contributed by atoms with E-state index in [4.69, 9.17) is 15.3 Å². The first-order valence-electron chi connectivity index (χ1n) is 3.83. The Hall–Kier alpha value is -1.52. The molecule has 0 aliphatic carbocycles. The summed E-state index contributed by atoms with van der Waals surface area (Å²) >= 11 is 0. The molecular weight excluding hydrogens is 210 g/mol. The van der Waals surface area contributed by atoms with Crippen molar-refractivity contribution in [2.24, 2.45) is 0 Å². The summed E-state index contributed by atoms with van der Waals surface area (Å²) in [5, 5.41) is 25.9. The van der Waals surface area contributed by atoms with Crippen molar-refractivity contribution in [3.8, 4) is 6.07 Å². The van der Waals surface area contributed by atoms with E-state index in [2.05, 4.69) is 0 Å². The summed E-state index contributed by atoms with van der Waals surface area (Å²) in [4.78, 5) is 0. The molecule has 0 saturated heterocycles. The molecule has 0 bridgehead atoms. The molecule has 78 valence electrons. The van der Waals surface area contributed by atoms with E-state index in [1.165, 1.54) is 0 Å². The minimum absolute atomic E-state index is 0.0638. The number of alkyl halides is 3. The predicted molar refractivity (Wildman–Crippen MR) is 46.0 cm³/mol. The minimum Gasteiger partial charge on any atom is -0.423 e. The number of hydrogen-bond donors (Lipinski definition) is 2. The van der Waals surface area contributed by atoms with Gasteiger partial charge in [-0.15, -0.1) is 0 Å². The smallest absolute Gasteiger partial charge is 0.423 e. The van der Waals surface area contributed by atoms with Gasteiger partial charge in [0.25, 0.3) is 0 Å². The summed E-state index contributed by atoms with van der Waals surface area (Å²) in [6.45, 7) is 0. The zero-order valence-electron chi connectivity index (χ0n) is 7.28. The highest BCUT2D eigenvalue weighted by Gasteiger charge is 2.36. The van der Waals surface area contributed by atoms with Crippen molar-refractivity contribution in [2.75, 3.05) is 0 Å². The highest BCUT2D eigenvalue weighted by molar-refractivity contribution is 6.59. The molecule has 0 aliphatic heterocycles. The van der Waals surface area contributed by atoms with E-state index in [-0.39, 0.29) is 5.56 Å². The van der Waals surface area contributed by atoms with Gasteiger partial charge in [-0.3, -0.25) is 0 Å². The van der Waals surface area contributed by atoms with Crippen LogP contribution in [0.15, 0.2) is 18.2 Å². The lowest BCUT2D eigenvalue weighted by Gasteiger charge is -2.12. The van der Waals surface area contributed by atoms with Crippen LogP contribution in [0.4, 0.5) is 13.2 Å². The lowest BCUT2D eigenvalue weighted by atomic mass is 9.76. The van der Waals surface area contributed by atoms with Crippen LogP contribution in [0.5, 0.6) is 0 Å². The Labute approximate surface area is 83.5 Å². The Kier molecular flexibility index (Phi) is 3.02. The van der Waals surface area contributed by atoms with Crippen LogP contribution in [0.2, 0.25) is 0 Å². The zero-order valence-corrected chi connectivity index (χ0v) is 7.28. The highest BCUT2D eigenvalue weighted by atomic mass is 19.4. The second-order valence-corrected chi connectivity index (χ2v) is 2.79. The van der Waals surface area contributed by atoms with Crippen LogP contribution in [0, 0.1) is 11.3 Å².